The maximum atomic E-state index is 4.58. The Morgan fingerprint density at radius 1 is 0.952 bits per heavy atom. The number of nitrogens with zero attached hydrogens (tertiary/aromatic N) is 2. The molecule has 0 aliphatic carbocycles. The molecule has 0 aliphatic heterocycles. The number of imidazole rings is 1. The Kier molecular flexibility index (Phi) is 3.73. The number of hydrogen-bond acceptors (Lipinski definition) is 2. The Bertz CT molecular complexity index is 729. The zero-order chi connectivity index (χ0) is 14.7. The Balaban J connectivity index is 1.88. The van der Waals surface area contributed by atoms with E-state index in [-0.39, 0.29) is 0 Å². The number of para-hydroxylation sites is 1. The number of anilines is 2. The third kappa shape index (κ3) is 3.14. The van der Waals surface area contributed by atoms with Gasteiger partial charge >= 0.3 is 0 Å². The van der Waals surface area contributed by atoms with E-state index >= 15 is 0 Å². The van der Waals surface area contributed by atoms with Crippen molar-refractivity contribution in [3.8, 4) is 0 Å². The van der Waals surface area contributed by atoms with Crippen molar-refractivity contribution in [3.05, 3.63) is 77.6 Å². The fourth-order valence-corrected chi connectivity index (χ4v) is 2.39. The highest BCUT2D eigenvalue weighted by molar-refractivity contribution is 5.53. The standard InChI is InChI=1S/C18H19N3/c1-14-8-6-7-9-16(14)13-21-12-15(2)19-18(21)20-17-10-4-3-5-11-17/h3-12H,13H2,1-2H3,(H,19,20). The Morgan fingerprint density at radius 3 is 2.43 bits per heavy atom. The van der Waals surface area contributed by atoms with E-state index in [4.69, 9.17) is 0 Å². The summed E-state index contributed by atoms with van der Waals surface area (Å²) < 4.78 is 2.16. The van der Waals surface area contributed by atoms with Gasteiger partial charge in [-0.25, -0.2) is 4.98 Å². The van der Waals surface area contributed by atoms with Crippen molar-refractivity contribution in [2.75, 3.05) is 5.32 Å². The summed E-state index contributed by atoms with van der Waals surface area (Å²) in [6.07, 6.45) is 2.08. The van der Waals surface area contributed by atoms with Crippen molar-refractivity contribution in [3.63, 3.8) is 0 Å². The molecule has 0 spiro atoms. The Labute approximate surface area is 125 Å². The van der Waals surface area contributed by atoms with Crippen LogP contribution in [-0.4, -0.2) is 9.55 Å². The second-order valence-electron chi connectivity index (χ2n) is 5.25. The first-order valence-electron chi connectivity index (χ1n) is 7.13. The van der Waals surface area contributed by atoms with Gasteiger partial charge in [-0.05, 0) is 37.1 Å². The fraction of sp³-hybridized carbons (Fsp3) is 0.167. The van der Waals surface area contributed by atoms with Crippen LogP contribution in [0.2, 0.25) is 0 Å². The molecule has 1 N–H and O–H groups in total. The molecule has 0 radical (unpaired) electrons. The van der Waals surface area contributed by atoms with Crippen molar-refractivity contribution in [1.29, 1.82) is 0 Å². The van der Waals surface area contributed by atoms with E-state index in [1.165, 1.54) is 11.1 Å². The van der Waals surface area contributed by atoms with Crippen molar-refractivity contribution < 1.29 is 0 Å². The number of aromatic nitrogens is 2. The van der Waals surface area contributed by atoms with Gasteiger partial charge in [0.15, 0.2) is 0 Å². The molecule has 2 aromatic carbocycles. The predicted molar refractivity (Wildman–Crippen MR) is 87.0 cm³/mol. The van der Waals surface area contributed by atoms with E-state index in [0.717, 1.165) is 23.9 Å². The summed E-state index contributed by atoms with van der Waals surface area (Å²) in [5, 5.41) is 3.38. The summed E-state index contributed by atoms with van der Waals surface area (Å²) in [5.41, 5.74) is 4.68. The quantitative estimate of drug-likeness (QED) is 0.771. The summed E-state index contributed by atoms with van der Waals surface area (Å²) in [6, 6.07) is 18.6. The van der Waals surface area contributed by atoms with Crippen LogP contribution in [-0.2, 0) is 6.54 Å². The molecule has 0 saturated heterocycles. The molecule has 21 heavy (non-hydrogen) atoms. The summed E-state index contributed by atoms with van der Waals surface area (Å²) in [5.74, 6) is 0.877. The van der Waals surface area contributed by atoms with Gasteiger partial charge in [-0.3, -0.25) is 0 Å². The highest BCUT2D eigenvalue weighted by atomic mass is 15.2. The van der Waals surface area contributed by atoms with Gasteiger partial charge < -0.3 is 9.88 Å². The lowest BCUT2D eigenvalue weighted by molar-refractivity contribution is 0.802. The number of hydrogen-bond donors (Lipinski definition) is 1. The number of rotatable bonds is 4. The topological polar surface area (TPSA) is 29.9 Å². The summed E-state index contributed by atoms with van der Waals surface area (Å²) in [4.78, 5) is 4.58. The lowest BCUT2D eigenvalue weighted by atomic mass is 10.1. The van der Waals surface area contributed by atoms with Gasteiger partial charge in [-0.15, -0.1) is 0 Å². The molecule has 0 fully saturated rings. The Morgan fingerprint density at radius 2 is 1.67 bits per heavy atom. The molecule has 0 unspecified atom stereocenters. The SMILES string of the molecule is Cc1cn(Cc2ccccc2C)c(Nc2ccccc2)n1. The van der Waals surface area contributed by atoms with Crippen LogP contribution < -0.4 is 5.32 Å². The van der Waals surface area contributed by atoms with Crippen molar-refractivity contribution in [1.82, 2.24) is 9.55 Å². The van der Waals surface area contributed by atoms with Gasteiger partial charge in [-0.2, -0.15) is 0 Å². The first kappa shape index (κ1) is 13.4. The smallest absolute Gasteiger partial charge is 0.207 e. The minimum atomic E-state index is 0.822. The molecule has 3 nitrogen and oxygen atoms in total. The van der Waals surface area contributed by atoms with E-state index in [1.807, 2.05) is 37.3 Å². The zero-order valence-electron chi connectivity index (χ0n) is 12.4. The largest absolute Gasteiger partial charge is 0.326 e. The van der Waals surface area contributed by atoms with Gasteiger partial charge in [0.2, 0.25) is 5.95 Å². The second kappa shape index (κ2) is 5.83. The van der Waals surface area contributed by atoms with Gasteiger partial charge in [0.25, 0.3) is 0 Å². The lowest BCUT2D eigenvalue weighted by Gasteiger charge is -2.11. The normalized spacial score (nSPS) is 10.6. The van der Waals surface area contributed by atoms with E-state index in [0.29, 0.717) is 0 Å². The van der Waals surface area contributed by atoms with E-state index in [1.54, 1.807) is 0 Å². The Hall–Kier alpha value is -2.55. The van der Waals surface area contributed by atoms with Crippen molar-refractivity contribution >= 4 is 11.6 Å². The highest BCUT2D eigenvalue weighted by Gasteiger charge is 2.07. The van der Waals surface area contributed by atoms with Crippen LogP contribution in [0, 0.1) is 13.8 Å². The van der Waals surface area contributed by atoms with Gasteiger partial charge in [0, 0.05) is 11.9 Å². The minimum Gasteiger partial charge on any atom is -0.326 e. The van der Waals surface area contributed by atoms with Crippen LogP contribution >= 0.6 is 0 Å². The lowest BCUT2D eigenvalue weighted by Crippen LogP contribution is -2.05. The average Bonchev–Trinajstić information content (AvgIpc) is 2.82. The maximum Gasteiger partial charge on any atom is 0.207 e. The molecule has 3 heteroatoms. The second-order valence-corrected chi connectivity index (χ2v) is 5.25. The number of nitrogens with one attached hydrogen (secondary N) is 1. The van der Waals surface area contributed by atoms with Gasteiger partial charge in [-0.1, -0.05) is 42.5 Å². The summed E-state index contributed by atoms with van der Waals surface area (Å²) in [7, 11) is 0. The highest BCUT2D eigenvalue weighted by Crippen LogP contribution is 2.18. The van der Waals surface area contributed by atoms with E-state index < -0.39 is 0 Å². The number of benzene rings is 2. The molecular weight excluding hydrogens is 258 g/mol. The van der Waals surface area contributed by atoms with Crippen LogP contribution in [0.25, 0.3) is 0 Å². The molecule has 0 atom stereocenters. The van der Waals surface area contributed by atoms with Crippen LogP contribution in [0.1, 0.15) is 16.8 Å². The summed E-state index contributed by atoms with van der Waals surface area (Å²) >= 11 is 0. The predicted octanol–water partition coefficient (Wildman–Crippen LogP) is 4.29. The maximum absolute atomic E-state index is 4.58. The van der Waals surface area contributed by atoms with Gasteiger partial charge in [0.05, 0.1) is 12.2 Å². The van der Waals surface area contributed by atoms with Crippen LogP contribution in [0.15, 0.2) is 60.8 Å². The van der Waals surface area contributed by atoms with E-state index in [2.05, 4.69) is 52.3 Å². The molecular formula is C18H19N3. The van der Waals surface area contributed by atoms with Crippen molar-refractivity contribution in [2.45, 2.75) is 20.4 Å². The molecule has 1 aromatic heterocycles. The first-order valence-corrected chi connectivity index (χ1v) is 7.13. The molecule has 1 heterocycles. The van der Waals surface area contributed by atoms with E-state index in [9.17, 15) is 0 Å². The third-order valence-corrected chi connectivity index (χ3v) is 3.53. The molecule has 0 aliphatic rings. The van der Waals surface area contributed by atoms with Crippen LogP contribution in [0.5, 0.6) is 0 Å². The zero-order valence-corrected chi connectivity index (χ0v) is 12.4. The fourth-order valence-electron chi connectivity index (χ4n) is 2.39. The molecule has 106 valence electrons. The number of aryl methyl sites for hydroxylation is 2. The van der Waals surface area contributed by atoms with Crippen molar-refractivity contribution in [2.24, 2.45) is 0 Å². The molecule has 3 aromatic rings. The first-order chi connectivity index (χ1) is 10.2. The van der Waals surface area contributed by atoms with Gasteiger partial charge in [0.1, 0.15) is 0 Å². The molecule has 0 bridgehead atoms. The monoisotopic (exact) mass is 277 g/mol. The van der Waals surface area contributed by atoms with Crippen LogP contribution in [0.4, 0.5) is 11.6 Å². The third-order valence-electron chi connectivity index (χ3n) is 3.53. The van der Waals surface area contributed by atoms with Crippen LogP contribution in [0.3, 0.4) is 0 Å². The summed E-state index contributed by atoms with van der Waals surface area (Å²) in [6.45, 7) is 4.98. The average molecular weight is 277 g/mol. The molecule has 3 rings (SSSR count). The molecule has 0 amide bonds. The minimum absolute atomic E-state index is 0.822. The molecule has 0 saturated carbocycles.